The predicted octanol–water partition coefficient (Wildman–Crippen LogP) is 42.9. The molecule has 0 unspecified atom stereocenters. The Labute approximate surface area is 913 Å². The van der Waals surface area contributed by atoms with Gasteiger partial charge in [0.2, 0.25) is 0 Å². The number of para-hydroxylation sites is 2. The van der Waals surface area contributed by atoms with Gasteiger partial charge in [-0.1, -0.05) is 376 Å². The van der Waals surface area contributed by atoms with E-state index in [-0.39, 0.29) is 0 Å². The van der Waals surface area contributed by atoms with Crippen molar-refractivity contribution in [3.8, 4) is 91.2 Å². The highest BCUT2D eigenvalue weighted by atomic mass is 32.1. The quantitative estimate of drug-likeness (QED) is 0.0800. The fourth-order valence-corrected chi connectivity index (χ4v) is 28.5. The molecule has 0 saturated carbocycles. The summed E-state index contributed by atoms with van der Waals surface area (Å²) in [6, 6.07) is 188. The summed E-state index contributed by atoms with van der Waals surface area (Å²) in [7, 11) is 10.7. The third-order valence-electron chi connectivity index (χ3n) is 27.0. The van der Waals surface area contributed by atoms with E-state index in [0.717, 1.165) is 0 Å². The Hall–Kier alpha value is -15.9. The van der Waals surface area contributed by atoms with E-state index in [1.165, 1.54) is 226 Å². The van der Waals surface area contributed by atoms with Crippen LogP contribution in [0.3, 0.4) is 0 Å². The molecule has 0 N–H and O–H groups in total. The average molecular weight is 2100 g/mol. The number of benzene rings is 18. The minimum atomic E-state index is 1.21. The van der Waals surface area contributed by atoms with Crippen LogP contribution in [-0.2, 0) is 0 Å². The van der Waals surface area contributed by atoms with Crippen molar-refractivity contribution in [2.75, 3.05) is 59.7 Å². The van der Waals surface area contributed by atoms with Gasteiger partial charge in [0.25, 0.3) is 0 Å². The Morgan fingerprint density at radius 1 is 0.133 bits per heavy atom. The summed E-state index contributed by atoms with van der Waals surface area (Å²) in [6.07, 6.45) is 0. The van der Waals surface area contributed by atoms with Crippen LogP contribution in [0, 0.1) is 6.92 Å². The Balaban J connectivity index is 0.000000103. The van der Waals surface area contributed by atoms with E-state index < -0.39 is 0 Å². The molecule has 0 bridgehead atoms. The Kier molecular flexibility index (Phi) is 30.4. The van der Waals surface area contributed by atoms with Gasteiger partial charge in [-0.2, -0.15) is 0 Å². The van der Waals surface area contributed by atoms with Gasteiger partial charge in [-0.3, -0.25) is 0 Å². The van der Waals surface area contributed by atoms with Gasteiger partial charge in [0.15, 0.2) is 0 Å². The third-order valence-corrected chi connectivity index (χ3v) is 38.1. The number of hydrogen-bond acceptors (Lipinski definition) is 14. The molecule has 0 aliphatic rings. The molecular weight excluding hydrogens is 1990 g/mol. The average Bonchev–Trinajstić information content (AvgIpc) is 1.63. The molecule has 27 aromatic rings. The number of rotatable bonds is 19. The molecule has 0 radical (unpaired) electrons. The maximum atomic E-state index is 2.30. The highest BCUT2D eigenvalue weighted by Gasteiger charge is 2.21. The molecule has 150 heavy (non-hydrogen) atoms. The Bertz CT molecular complexity index is 9220. The highest BCUT2D eigenvalue weighted by molar-refractivity contribution is 7.27. The van der Waals surface area contributed by atoms with Crippen molar-refractivity contribution in [1.29, 1.82) is 0 Å². The molecular formula is C136H105N5S9. The van der Waals surface area contributed by atoms with E-state index in [9.17, 15) is 0 Å². The second-order valence-corrected chi connectivity index (χ2v) is 46.1. The van der Waals surface area contributed by atoms with E-state index in [4.69, 9.17) is 0 Å². The van der Waals surface area contributed by atoms with E-state index in [1.54, 1.807) is 0 Å². The van der Waals surface area contributed by atoms with Crippen LogP contribution in [0.2, 0.25) is 0 Å². The molecule has 9 heterocycles. The van der Waals surface area contributed by atoms with E-state index in [2.05, 4.69) is 588 Å². The minimum absolute atomic E-state index is 1.21. The molecule has 5 nitrogen and oxygen atoms in total. The van der Waals surface area contributed by atoms with Gasteiger partial charge >= 0.3 is 0 Å². The number of nitrogens with zero attached hydrogens (tertiary/aromatic N) is 5. The number of anilines is 10. The highest BCUT2D eigenvalue weighted by Crippen LogP contribution is 2.50. The van der Waals surface area contributed by atoms with Gasteiger partial charge in [0.1, 0.15) is 0 Å². The zero-order valence-corrected chi connectivity index (χ0v) is 91.0. The molecule has 0 amide bonds. The normalized spacial score (nSPS) is 11.0. The topological polar surface area (TPSA) is 16.2 Å². The van der Waals surface area contributed by atoms with Crippen LogP contribution in [-0.4, -0.2) is 35.2 Å². The van der Waals surface area contributed by atoms with Gasteiger partial charge in [0.05, 0.1) is 25.0 Å². The van der Waals surface area contributed by atoms with Gasteiger partial charge in [0, 0.05) is 143 Å². The zero-order chi connectivity index (χ0) is 102. The van der Waals surface area contributed by atoms with Crippen LogP contribution < -0.4 is 24.5 Å². The first-order chi connectivity index (χ1) is 73.9. The molecule has 27 rings (SSSR count). The summed E-state index contributed by atoms with van der Waals surface area (Å²) in [6.45, 7) is 2.14. The number of aryl methyl sites for hydroxylation is 1. The van der Waals surface area contributed by atoms with Crippen LogP contribution >= 0.6 is 102 Å². The summed E-state index contributed by atoms with van der Waals surface area (Å²) >= 11 is 16.6. The maximum Gasteiger partial charge on any atom is 0.0957 e. The summed E-state index contributed by atoms with van der Waals surface area (Å²) in [4.78, 5) is 28.5. The third kappa shape index (κ3) is 22.2. The fraction of sp³-hybridized carbons (Fsp3) is 0.0441. The van der Waals surface area contributed by atoms with Crippen molar-refractivity contribution in [2.24, 2.45) is 0 Å². The lowest BCUT2D eigenvalue weighted by Crippen LogP contribution is -2.07. The summed E-state index contributed by atoms with van der Waals surface area (Å²) in [5.74, 6) is 0. The smallest absolute Gasteiger partial charge is 0.0957 e. The SMILES string of the molecule is CN(c1ccc(-c2ccc(-c3cccc4ccccc34)s2)s1)c1cccc2ccccc12.CN(c1ccc(-c2ccc(-c3ccccc3)s2)s1)c1cccc2ccccc12.CN(c1ccc(-c2cccc3ccccc23)s1)c1cccc2ccccc12.CN(c1ccccc1)c1ccc(-c2ccc(-c3cccc4ccccc34)s2)s1.CN(c1ccccc1)c1ccc(-c2ccc(-c3ccccc3)s2)s1.Cc1cccc2ccccc12. The van der Waals surface area contributed by atoms with Crippen LogP contribution in [0.1, 0.15) is 5.56 Å². The monoisotopic (exact) mass is 2100 g/mol. The zero-order valence-electron chi connectivity index (χ0n) is 83.6. The first-order valence-electron chi connectivity index (χ1n) is 50.0. The van der Waals surface area contributed by atoms with Crippen molar-refractivity contribution in [3.05, 3.63) is 533 Å². The van der Waals surface area contributed by atoms with Crippen molar-refractivity contribution in [1.82, 2.24) is 0 Å². The number of hydrogen-bond donors (Lipinski definition) is 0. The van der Waals surface area contributed by atoms with Crippen LogP contribution in [0.5, 0.6) is 0 Å². The first-order valence-corrected chi connectivity index (χ1v) is 57.3. The van der Waals surface area contributed by atoms with Crippen LogP contribution in [0.4, 0.5) is 53.4 Å². The van der Waals surface area contributed by atoms with Crippen molar-refractivity contribution in [2.45, 2.75) is 6.92 Å². The van der Waals surface area contributed by atoms with Gasteiger partial charge in [-0.25, -0.2) is 0 Å². The molecule has 728 valence electrons. The van der Waals surface area contributed by atoms with Crippen LogP contribution in [0.25, 0.3) is 167 Å². The summed E-state index contributed by atoms with van der Waals surface area (Å²) in [5.41, 5.74) is 14.0. The molecule has 0 fully saturated rings. The van der Waals surface area contributed by atoms with Crippen molar-refractivity contribution in [3.63, 3.8) is 0 Å². The van der Waals surface area contributed by atoms with Crippen molar-refractivity contribution >= 4 is 231 Å². The van der Waals surface area contributed by atoms with E-state index in [0.29, 0.717) is 0 Å². The molecule has 9 aromatic heterocycles. The van der Waals surface area contributed by atoms with Gasteiger partial charge < -0.3 is 24.5 Å². The second-order valence-electron chi connectivity index (χ2n) is 36.4. The van der Waals surface area contributed by atoms with E-state index in [1.807, 2.05) is 108 Å². The number of fused-ring (bicyclic) bond motifs is 7. The lowest BCUT2D eigenvalue weighted by atomic mass is 10.0. The maximum absolute atomic E-state index is 2.30. The molecule has 0 saturated heterocycles. The largest absolute Gasteiger partial charge is 0.336 e. The van der Waals surface area contributed by atoms with Gasteiger partial charge in [-0.15, -0.1) is 102 Å². The predicted molar refractivity (Wildman–Crippen MR) is 668 cm³/mol. The van der Waals surface area contributed by atoms with Crippen LogP contribution in [0.15, 0.2) is 528 Å². The lowest BCUT2D eigenvalue weighted by molar-refractivity contribution is 1.24. The molecule has 0 aliphatic heterocycles. The fourth-order valence-electron chi connectivity index (χ4n) is 19.0. The Morgan fingerprint density at radius 3 is 0.640 bits per heavy atom. The van der Waals surface area contributed by atoms with E-state index >= 15 is 0 Å². The molecule has 18 aromatic carbocycles. The second kappa shape index (κ2) is 46.2. The Morgan fingerprint density at radius 2 is 0.327 bits per heavy atom. The van der Waals surface area contributed by atoms with Crippen molar-refractivity contribution < 1.29 is 0 Å². The van der Waals surface area contributed by atoms with Gasteiger partial charge in [-0.05, 0) is 251 Å². The molecule has 14 heteroatoms. The molecule has 0 spiro atoms. The standard InChI is InChI=1S/C29H21NS2.2C25H19NS2.C25H19NS.C21H17NS2.C11H10/c1-30(25-15-7-11-21-9-3-5-13-23(21)25)29-19-18-28(32-29)27-17-16-26(31-27)24-14-6-10-20-8-2-4-12-22(20)24;1-26(19-10-3-2-4-11-19)25-17-16-24(28-25)23-15-14-22(27-23)21-13-7-9-18-8-5-6-12-20(18)21;1-26(21-13-7-11-18-8-5-6-12-20(18)21)25-17-16-24(28-25)23-15-14-22(27-23)19-9-3-2-4-10-19;1-26(23-15-7-11-19-9-3-5-13-21(19)23)25-17-16-24(27-25)22-14-6-10-18-8-2-4-12-20(18)22;1-22(17-10-6-3-7-11-17)21-15-14-20(24-21)19-13-12-18(23-19)16-8-4-2-5-9-16;1-9-5-4-7-10-6-2-3-8-11(9)10/h2-19H,1H3;2*2-17H,1H3;2-17H,1H3;2-15H,1H3;2-8H,1H3. The first kappa shape index (κ1) is 98.7. The summed E-state index contributed by atoms with van der Waals surface area (Å²) in [5, 5.41) is 24.4. The molecule has 0 aliphatic carbocycles. The summed E-state index contributed by atoms with van der Waals surface area (Å²) < 4.78 is 0. The number of thiophene rings is 9. The lowest BCUT2D eigenvalue weighted by Gasteiger charge is -2.19. The minimum Gasteiger partial charge on any atom is -0.336 e. The molecule has 0 atom stereocenters.